The van der Waals surface area contributed by atoms with Gasteiger partial charge < -0.3 is 5.11 Å². The number of aliphatic carboxylic acids is 1. The summed E-state index contributed by atoms with van der Waals surface area (Å²) >= 11 is 0. The van der Waals surface area contributed by atoms with Crippen molar-refractivity contribution in [2.45, 2.75) is 66.2 Å². The number of hydrogen-bond donors (Lipinski definition) is 1. The van der Waals surface area contributed by atoms with Gasteiger partial charge in [-0.25, -0.2) is 4.79 Å². The van der Waals surface area contributed by atoms with E-state index < -0.39 is 5.97 Å². The van der Waals surface area contributed by atoms with Gasteiger partial charge in [-0.1, -0.05) is 65.0 Å². The van der Waals surface area contributed by atoms with E-state index in [1.165, 1.54) is 38.2 Å². The van der Waals surface area contributed by atoms with Crippen LogP contribution in [0.2, 0.25) is 0 Å². The smallest absolute Gasteiger partial charge is 0.328 e. The Morgan fingerprint density at radius 2 is 1.74 bits per heavy atom. The summed E-state index contributed by atoms with van der Waals surface area (Å²) in [6, 6.07) is 0. The van der Waals surface area contributed by atoms with Crippen LogP contribution in [-0.4, -0.2) is 11.1 Å². The third-order valence-electron chi connectivity index (χ3n) is 3.25. The van der Waals surface area contributed by atoms with Crippen molar-refractivity contribution in [2.75, 3.05) is 0 Å². The fourth-order valence-electron chi connectivity index (χ4n) is 2.07. The lowest BCUT2D eigenvalue weighted by Crippen LogP contribution is -1.94. The van der Waals surface area contributed by atoms with Gasteiger partial charge in [-0.3, -0.25) is 0 Å². The van der Waals surface area contributed by atoms with Gasteiger partial charge in [0.1, 0.15) is 0 Å². The monoisotopic (exact) mass is 266 g/mol. The van der Waals surface area contributed by atoms with Gasteiger partial charge in [0.05, 0.1) is 0 Å². The van der Waals surface area contributed by atoms with Crippen molar-refractivity contribution in [1.29, 1.82) is 0 Å². The summed E-state index contributed by atoms with van der Waals surface area (Å²) < 4.78 is 0. The van der Waals surface area contributed by atoms with Crippen molar-refractivity contribution in [3.05, 3.63) is 23.8 Å². The number of rotatable bonds is 10. The number of carbonyl (C=O) groups is 1. The van der Waals surface area contributed by atoms with E-state index in [1.807, 2.05) is 13.0 Å². The van der Waals surface area contributed by atoms with Crippen molar-refractivity contribution in [1.82, 2.24) is 0 Å². The van der Waals surface area contributed by atoms with Gasteiger partial charge >= 0.3 is 5.97 Å². The van der Waals surface area contributed by atoms with Gasteiger partial charge in [0.2, 0.25) is 0 Å². The Balaban J connectivity index is 3.67. The fraction of sp³-hybridized carbons (Fsp3) is 0.706. The van der Waals surface area contributed by atoms with E-state index >= 15 is 0 Å². The van der Waals surface area contributed by atoms with Crippen LogP contribution in [0.4, 0.5) is 0 Å². The predicted octanol–water partition coefficient (Wildman–Crippen LogP) is 5.21. The van der Waals surface area contributed by atoms with Crippen LogP contribution >= 0.6 is 0 Å². The summed E-state index contributed by atoms with van der Waals surface area (Å²) in [7, 11) is 0. The SMILES string of the molecule is CC(C=CCC(C)CCCCCC(C)C)=CC(=O)O. The molecule has 0 saturated heterocycles. The lowest BCUT2D eigenvalue weighted by molar-refractivity contribution is -0.131. The topological polar surface area (TPSA) is 37.3 Å². The summed E-state index contributed by atoms with van der Waals surface area (Å²) in [4.78, 5) is 10.4. The Morgan fingerprint density at radius 3 is 2.32 bits per heavy atom. The van der Waals surface area contributed by atoms with Crippen molar-refractivity contribution < 1.29 is 9.90 Å². The number of carboxylic acids is 1. The second kappa shape index (κ2) is 10.8. The normalized spacial score (nSPS) is 14.3. The third-order valence-corrected chi connectivity index (χ3v) is 3.25. The van der Waals surface area contributed by atoms with E-state index in [1.54, 1.807) is 0 Å². The van der Waals surface area contributed by atoms with Gasteiger partial charge in [0.25, 0.3) is 0 Å². The molecule has 0 aliphatic rings. The highest BCUT2D eigenvalue weighted by Gasteiger charge is 2.00. The van der Waals surface area contributed by atoms with Gasteiger partial charge in [-0.15, -0.1) is 0 Å². The van der Waals surface area contributed by atoms with Crippen LogP contribution in [0.5, 0.6) is 0 Å². The Bertz CT molecular complexity index is 300. The zero-order chi connectivity index (χ0) is 14.7. The lowest BCUT2D eigenvalue weighted by Gasteiger charge is -2.09. The van der Waals surface area contributed by atoms with Crippen LogP contribution in [0.25, 0.3) is 0 Å². The fourth-order valence-corrected chi connectivity index (χ4v) is 2.07. The molecule has 0 aliphatic carbocycles. The van der Waals surface area contributed by atoms with Crippen LogP contribution in [0, 0.1) is 11.8 Å². The molecule has 110 valence electrons. The maximum Gasteiger partial charge on any atom is 0.328 e. The molecule has 2 nitrogen and oxygen atoms in total. The Labute approximate surface area is 118 Å². The molecular weight excluding hydrogens is 236 g/mol. The van der Waals surface area contributed by atoms with Crippen molar-refractivity contribution >= 4 is 5.97 Å². The highest BCUT2D eigenvalue weighted by Crippen LogP contribution is 2.16. The van der Waals surface area contributed by atoms with E-state index in [-0.39, 0.29) is 0 Å². The molecule has 1 unspecified atom stereocenters. The predicted molar refractivity (Wildman–Crippen MR) is 82.2 cm³/mol. The standard InChI is InChI=1S/C17H30O2/c1-14(2)9-6-5-7-10-15(3)11-8-12-16(4)13-17(18)19/h8,12-15H,5-7,9-11H2,1-4H3,(H,18,19). The zero-order valence-electron chi connectivity index (χ0n) is 13.0. The molecule has 0 radical (unpaired) electrons. The minimum atomic E-state index is -0.875. The highest BCUT2D eigenvalue weighted by molar-refractivity contribution is 5.81. The lowest BCUT2D eigenvalue weighted by atomic mass is 9.97. The Morgan fingerprint density at radius 1 is 1.11 bits per heavy atom. The molecule has 0 rings (SSSR count). The van der Waals surface area contributed by atoms with E-state index in [0.717, 1.165) is 17.9 Å². The van der Waals surface area contributed by atoms with Crippen molar-refractivity contribution in [3.63, 3.8) is 0 Å². The summed E-state index contributed by atoms with van der Waals surface area (Å²) in [6.07, 6.45) is 12.9. The van der Waals surface area contributed by atoms with Gasteiger partial charge in [0, 0.05) is 6.08 Å². The summed E-state index contributed by atoms with van der Waals surface area (Å²) in [6.45, 7) is 8.64. The first-order chi connectivity index (χ1) is 8.91. The summed E-state index contributed by atoms with van der Waals surface area (Å²) in [5, 5.41) is 8.59. The maximum atomic E-state index is 10.4. The van der Waals surface area contributed by atoms with Crippen LogP contribution in [0.15, 0.2) is 23.8 Å². The van der Waals surface area contributed by atoms with E-state index in [4.69, 9.17) is 5.11 Å². The first-order valence-corrected chi connectivity index (χ1v) is 7.49. The van der Waals surface area contributed by atoms with E-state index in [0.29, 0.717) is 5.92 Å². The summed E-state index contributed by atoms with van der Waals surface area (Å²) in [5.74, 6) is 0.637. The van der Waals surface area contributed by atoms with E-state index in [2.05, 4.69) is 26.8 Å². The molecule has 0 aliphatic heterocycles. The molecule has 0 aromatic rings. The second-order valence-corrected chi connectivity index (χ2v) is 6.00. The molecule has 0 amide bonds. The van der Waals surface area contributed by atoms with Crippen LogP contribution in [0.1, 0.15) is 66.2 Å². The van der Waals surface area contributed by atoms with Crippen LogP contribution < -0.4 is 0 Å². The van der Waals surface area contributed by atoms with Gasteiger partial charge in [-0.2, -0.15) is 0 Å². The molecule has 0 aromatic heterocycles. The summed E-state index contributed by atoms with van der Waals surface area (Å²) in [5.41, 5.74) is 0.802. The molecule has 1 atom stereocenters. The third kappa shape index (κ3) is 13.2. The first kappa shape index (κ1) is 17.9. The molecule has 0 spiro atoms. The van der Waals surface area contributed by atoms with Crippen molar-refractivity contribution in [2.24, 2.45) is 11.8 Å². The molecule has 1 N–H and O–H groups in total. The molecule has 19 heavy (non-hydrogen) atoms. The Kier molecular flexibility index (Phi) is 10.2. The highest BCUT2D eigenvalue weighted by atomic mass is 16.4. The number of hydrogen-bond acceptors (Lipinski definition) is 1. The van der Waals surface area contributed by atoms with Crippen LogP contribution in [0.3, 0.4) is 0 Å². The number of carboxylic acid groups (broad SMARTS) is 1. The Hall–Kier alpha value is -1.05. The van der Waals surface area contributed by atoms with Crippen LogP contribution in [-0.2, 0) is 4.79 Å². The molecule has 0 saturated carbocycles. The average molecular weight is 266 g/mol. The minimum absolute atomic E-state index is 0.688. The minimum Gasteiger partial charge on any atom is -0.478 e. The van der Waals surface area contributed by atoms with E-state index in [9.17, 15) is 4.79 Å². The quantitative estimate of drug-likeness (QED) is 0.335. The molecular formula is C17H30O2. The molecule has 2 heteroatoms. The molecule has 0 fully saturated rings. The molecule has 0 heterocycles. The zero-order valence-corrected chi connectivity index (χ0v) is 13.0. The average Bonchev–Trinajstić information content (AvgIpc) is 2.27. The number of unbranched alkanes of at least 4 members (excludes halogenated alkanes) is 2. The van der Waals surface area contributed by atoms with Crippen molar-refractivity contribution in [3.8, 4) is 0 Å². The maximum absolute atomic E-state index is 10.4. The molecule has 0 aromatic carbocycles. The first-order valence-electron chi connectivity index (χ1n) is 7.49. The van der Waals surface area contributed by atoms with Gasteiger partial charge in [0.15, 0.2) is 0 Å². The van der Waals surface area contributed by atoms with Gasteiger partial charge in [-0.05, 0) is 30.8 Å². The second-order valence-electron chi connectivity index (χ2n) is 6.00. The largest absolute Gasteiger partial charge is 0.478 e. The number of allylic oxidation sites excluding steroid dienone is 3. The molecule has 0 bridgehead atoms.